The number of amides is 1. The van der Waals surface area contributed by atoms with E-state index in [1.807, 2.05) is 25.1 Å². The second-order valence-corrected chi connectivity index (χ2v) is 6.96. The van der Waals surface area contributed by atoms with Crippen LogP contribution in [0.25, 0.3) is 0 Å². The molecule has 2 rings (SSSR count). The monoisotopic (exact) mass is 381 g/mol. The lowest BCUT2D eigenvalue weighted by atomic mass is 10.3. The smallest absolute Gasteiger partial charge is 0.237 e. The Bertz CT molecular complexity index is 754. The fraction of sp³-hybridized carbons (Fsp3) is 0.278. The van der Waals surface area contributed by atoms with Crippen molar-refractivity contribution >= 4 is 35.0 Å². The van der Waals surface area contributed by atoms with E-state index in [-0.39, 0.29) is 11.2 Å². The van der Waals surface area contributed by atoms with Crippen LogP contribution in [0.3, 0.4) is 0 Å². The fourth-order valence-electron chi connectivity index (χ4n) is 2.16. The lowest BCUT2D eigenvalue weighted by Gasteiger charge is -2.15. The van der Waals surface area contributed by atoms with Crippen LogP contribution in [0.15, 0.2) is 41.3 Å². The van der Waals surface area contributed by atoms with Crippen molar-refractivity contribution in [1.82, 2.24) is 0 Å². The number of halogens is 1. The summed E-state index contributed by atoms with van der Waals surface area (Å²) in [5, 5.41) is 3.04. The summed E-state index contributed by atoms with van der Waals surface area (Å²) >= 11 is 7.41. The maximum absolute atomic E-state index is 12.5. The van der Waals surface area contributed by atoms with Gasteiger partial charge in [-0.25, -0.2) is 0 Å². The lowest BCUT2D eigenvalue weighted by molar-refractivity contribution is -0.115. The Morgan fingerprint density at radius 2 is 1.64 bits per heavy atom. The molecule has 0 unspecified atom stereocenters. The van der Waals surface area contributed by atoms with E-state index in [4.69, 9.17) is 25.8 Å². The van der Waals surface area contributed by atoms with E-state index in [0.29, 0.717) is 28.0 Å². The molecule has 0 radical (unpaired) electrons. The maximum Gasteiger partial charge on any atom is 0.237 e. The third kappa shape index (κ3) is 4.96. The number of benzene rings is 2. The van der Waals surface area contributed by atoms with Gasteiger partial charge in [0.1, 0.15) is 5.75 Å². The van der Waals surface area contributed by atoms with Crippen molar-refractivity contribution in [3.05, 3.63) is 41.4 Å². The molecule has 1 N–H and O–H groups in total. The molecule has 25 heavy (non-hydrogen) atoms. The van der Waals surface area contributed by atoms with Crippen LogP contribution in [0.5, 0.6) is 17.2 Å². The predicted molar refractivity (Wildman–Crippen MR) is 101 cm³/mol. The molecule has 0 spiro atoms. The Labute approximate surface area is 156 Å². The number of methoxy groups -OCH3 is 3. The average molecular weight is 382 g/mol. The van der Waals surface area contributed by atoms with Crippen molar-refractivity contribution in [3.63, 3.8) is 0 Å². The number of carbonyl (C=O) groups is 1. The third-order valence-corrected chi connectivity index (χ3v) is 4.79. The van der Waals surface area contributed by atoms with Crippen molar-refractivity contribution in [1.29, 1.82) is 0 Å². The summed E-state index contributed by atoms with van der Waals surface area (Å²) in [5.74, 6) is 1.67. The Kier molecular flexibility index (Phi) is 6.84. The Morgan fingerprint density at radius 3 is 2.28 bits per heavy atom. The van der Waals surface area contributed by atoms with Crippen molar-refractivity contribution in [2.24, 2.45) is 0 Å². The minimum absolute atomic E-state index is 0.152. The summed E-state index contributed by atoms with van der Waals surface area (Å²) in [5.41, 5.74) is 0.541. The highest BCUT2D eigenvalue weighted by molar-refractivity contribution is 8.00. The van der Waals surface area contributed by atoms with Crippen molar-refractivity contribution in [3.8, 4) is 17.2 Å². The molecular weight excluding hydrogens is 362 g/mol. The zero-order valence-corrected chi connectivity index (χ0v) is 16.0. The van der Waals surface area contributed by atoms with Gasteiger partial charge in [0.05, 0.1) is 32.3 Å². The molecule has 0 aromatic heterocycles. The Morgan fingerprint density at radius 1 is 1.00 bits per heavy atom. The second-order valence-electron chi connectivity index (χ2n) is 5.11. The van der Waals surface area contributed by atoms with Gasteiger partial charge < -0.3 is 19.5 Å². The molecule has 0 saturated carbocycles. The molecule has 134 valence electrons. The highest BCUT2D eigenvalue weighted by atomic mass is 35.5. The van der Waals surface area contributed by atoms with E-state index in [1.165, 1.54) is 11.8 Å². The van der Waals surface area contributed by atoms with Crippen molar-refractivity contribution in [2.75, 3.05) is 26.6 Å². The van der Waals surface area contributed by atoms with Gasteiger partial charge in [0.15, 0.2) is 11.5 Å². The summed E-state index contributed by atoms with van der Waals surface area (Å²) in [6, 6.07) is 10.6. The highest BCUT2D eigenvalue weighted by Gasteiger charge is 2.17. The SMILES string of the molecule is COc1ccc(Cl)cc1NC(=O)[C@H](C)Sc1ccc(OC)c(OC)c1. The largest absolute Gasteiger partial charge is 0.495 e. The first-order valence-corrected chi connectivity index (χ1v) is 8.77. The number of hydrogen-bond donors (Lipinski definition) is 1. The summed E-state index contributed by atoms with van der Waals surface area (Å²) in [6.07, 6.45) is 0. The molecule has 0 aliphatic rings. The Hall–Kier alpha value is -2.05. The molecule has 7 heteroatoms. The number of rotatable bonds is 7. The zero-order chi connectivity index (χ0) is 18.4. The number of thioether (sulfide) groups is 1. The molecule has 0 heterocycles. The molecule has 0 fully saturated rings. The molecule has 5 nitrogen and oxygen atoms in total. The van der Waals surface area contributed by atoms with Crippen LogP contribution >= 0.6 is 23.4 Å². The van der Waals surface area contributed by atoms with Crippen LogP contribution in [0, 0.1) is 0 Å². The quantitative estimate of drug-likeness (QED) is 0.716. The first-order valence-electron chi connectivity index (χ1n) is 7.51. The third-order valence-electron chi connectivity index (χ3n) is 3.46. The normalized spacial score (nSPS) is 11.6. The van der Waals surface area contributed by atoms with Crippen LogP contribution in [-0.4, -0.2) is 32.5 Å². The lowest BCUT2D eigenvalue weighted by Crippen LogP contribution is -2.22. The van der Waals surface area contributed by atoms with E-state index in [9.17, 15) is 4.79 Å². The van der Waals surface area contributed by atoms with Crippen LogP contribution in [0.1, 0.15) is 6.92 Å². The zero-order valence-electron chi connectivity index (χ0n) is 14.5. The topological polar surface area (TPSA) is 56.8 Å². The summed E-state index contributed by atoms with van der Waals surface area (Å²) in [7, 11) is 4.70. The summed E-state index contributed by atoms with van der Waals surface area (Å²) in [4.78, 5) is 13.4. The summed E-state index contributed by atoms with van der Waals surface area (Å²) in [6.45, 7) is 1.83. The molecule has 2 aromatic rings. The Balaban J connectivity index is 2.09. The van der Waals surface area contributed by atoms with Gasteiger partial charge in [-0.15, -0.1) is 11.8 Å². The second kappa shape index (κ2) is 8.87. The average Bonchev–Trinajstić information content (AvgIpc) is 2.61. The molecular formula is C18H20ClNO4S. The van der Waals surface area contributed by atoms with E-state index >= 15 is 0 Å². The molecule has 2 aromatic carbocycles. The first kappa shape index (κ1) is 19.3. The van der Waals surface area contributed by atoms with Crippen molar-refractivity contribution in [2.45, 2.75) is 17.1 Å². The van der Waals surface area contributed by atoms with Gasteiger partial charge in [-0.2, -0.15) is 0 Å². The van der Waals surface area contributed by atoms with Gasteiger partial charge in [-0.3, -0.25) is 4.79 Å². The van der Waals surface area contributed by atoms with Crippen LogP contribution in [-0.2, 0) is 4.79 Å². The van der Waals surface area contributed by atoms with Crippen LogP contribution in [0.4, 0.5) is 5.69 Å². The standard InChI is InChI=1S/C18H20ClNO4S/c1-11(25-13-6-8-16(23-3)17(10-13)24-4)18(21)20-14-9-12(19)5-7-15(14)22-2/h5-11H,1-4H3,(H,20,21)/t11-/m0/s1. The number of nitrogens with one attached hydrogen (secondary N) is 1. The van der Waals surface area contributed by atoms with E-state index in [0.717, 1.165) is 4.90 Å². The molecule has 0 saturated heterocycles. The van der Waals surface area contributed by atoms with E-state index in [1.54, 1.807) is 39.5 Å². The van der Waals surface area contributed by atoms with Gasteiger partial charge in [-0.1, -0.05) is 11.6 Å². The highest BCUT2D eigenvalue weighted by Crippen LogP contribution is 2.34. The van der Waals surface area contributed by atoms with Crippen molar-refractivity contribution < 1.29 is 19.0 Å². The molecule has 0 aliphatic heterocycles. The number of anilines is 1. The van der Waals surface area contributed by atoms with Gasteiger partial charge >= 0.3 is 0 Å². The predicted octanol–water partition coefficient (Wildman–Crippen LogP) is 4.49. The minimum Gasteiger partial charge on any atom is -0.495 e. The molecule has 0 bridgehead atoms. The van der Waals surface area contributed by atoms with Gasteiger partial charge in [0.25, 0.3) is 0 Å². The summed E-state index contributed by atoms with van der Waals surface area (Å²) < 4.78 is 15.8. The van der Waals surface area contributed by atoms with Gasteiger partial charge in [-0.05, 0) is 43.3 Å². The fourth-order valence-corrected chi connectivity index (χ4v) is 3.23. The van der Waals surface area contributed by atoms with Crippen LogP contribution < -0.4 is 19.5 Å². The molecule has 1 atom stereocenters. The number of hydrogen-bond acceptors (Lipinski definition) is 5. The maximum atomic E-state index is 12.5. The number of carbonyl (C=O) groups excluding carboxylic acids is 1. The van der Waals surface area contributed by atoms with Crippen LogP contribution in [0.2, 0.25) is 5.02 Å². The van der Waals surface area contributed by atoms with Gasteiger partial charge in [0.2, 0.25) is 5.91 Å². The number of ether oxygens (including phenoxy) is 3. The van der Waals surface area contributed by atoms with Gasteiger partial charge in [0, 0.05) is 9.92 Å². The molecule has 1 amide bonds. The van der Waals surface area contributed by atoms with E-state index in [2.05, 4.69) is 5.32 Å². The molecule has 0 aliphatic carbocycles. The first-order chi connectivity index (χ1) is 12.0. The van der Waals surface area contributed by atoms with E-state index < -0.39 is 0 Å². The minimum atomic E-state index is -0.332.